The summed E-state index contributed by atoms with van der Waals surface area (Å²) in [7, 11) is 0. The second-order valence-electron chi connectivity index (χ2n) is 4.52. The van der Waals surface area contributed by atoms with Crippen molar-refractivity contribution in [2.45, 2.75) is 12.7 Å². The van der Waals surface area contributed by atoms with E-state index in [0.717, 1.165) is 23.7 Å². The average Bonchev–Trinajstić information content (AvgIpc) is 3.29. The Hall–Kier alpha value is -2.00. The molecule has 0 bridgehead atoms. The smallest absolute Gasteiger partial charge is 0.123 e. The molecular weight excluding hydrogens is 240 g/mol. The van der Waals surface area contributed by atoms with Crippen molar-refractivity contribution in [3.8, 4) is 11.5 Å². The Morgan fingerprint density at radius 3 is 2.42 bits per heavy atom. The second-order valence-corrected chi connectivity index (χ2v) is 4.52. The van der Waals surface area contributed by atoms with E-state index in [4.69, 9.17) is 14.2 Å². The summed E-state index contributed by atoms with van der Waals surface area (Å²) >= 11 is 0. The normalized spacial score (nSPS) is 16.9. The lowest BCUT2D eigenvalue weighted by atomic mass is 10.2. The summed E-state index contributed by atoms with van der Waals surface area (Å²) in [6.07, 6.45) is 0.272. The van der Waals surface area contributed by atoms with Crippen LogP contribution >= 0.6 is 0 Å². The lowest BCUT2D eigenvalue weighted by molar-refractivity contribution is 0.259. The highest BCUT2D eigenvalue weighted by molar-refractivity contribution is 5.33. The number of ether oxygens (including phenoxy) is 3. The van der Waals surface area contributed by atoms with Crippen LogP contribution in [0.4, 0.5) is 0 Å². The molecule has 1 aliphatic rings. The molecule has 98 valence electrons. The molecule has 1 heterocycles. The molecule has 0 saturated carbocycles. The van der Waals surface area contributed by atoms with Crippen LogP contribution in [0, 0.1) is 0 Å². The van der Waals surface area contributed by atoms with E-state index in [-0.39, 0.29) is 6.10 Å². The third-order valence-electron chi connectivity index (χ3n) is 2.89. The van der Waals surface area contributed by atoms with Crippen LogP contribution in [0.2, 0.25) is 0 Å². The molecule has 0 radical (unpaired) electrons. The maximum atomic E-state index is 5.74. The maximum Gasteiger partial charge on any atom is 0.123 e. The zero-order valence-corrected chi connectivity index (χ0v) is 10.6. The Morgan fingerprint density at radius 1 is 0.947 bits per heavy atom. The molecule has 1 saturated heterocycles. The monoisotopic (exact) mass is 256 g/mol. The van der Waals surface area contributed by atoms with Crippen molar-refractivity contribution in [2.75, 3.05) is 13.2 Å². The number of benzene rings is 2. The van der Waals surface area contributed by atoms with Crippen molar-refractivity contribution in [1.29, 1.82) is 0 Å². The second kappa shape index (κ2) is 5.76. The molecule has 0 spiro atoms. The molecule has 3 nitrogen and oxygen atoms in total. The van der Waals surface area contributed by atoms with Crippen LogP contribution in [0.25, 0.3) is 0 Å². The van der Waals surface area contributed by atoms with Crippen molar-refractivity contribution < 1.29 is 14.2 Å². The maximum absolute atomic E-state index is 5.74. The summed E-state index contributed by atoms with van der Waals surface area (Å²) < 4.78 is 16.5. The third-order valence-corrected chi connectivity index (χ3v) is 2.89. The van der Waals surface area contributed by atoms with Crippen LogP contribution in [0.15, 0.2) is 54.6 Å². The van der Waals surface area contributed by atoms with Gasteiger partial charge in [-0.1, -0.05) is 36.4 Å². The van der Waals surface area contributed by atoms with Crippen LogP contribution in [-0.4, -0.2) is 19.3 Å². The summed E-state index contributed by atoms with van der Waals surface area (Å²) in [5.41, 5.74) is 1.15. The molecule has 1 unspecified atom stereocenters. The molecule has 1 atom stereocenters. The molecule has 1 aliphatic heterocycles. The summed E-state index contributed by atoms with van der Waals surface area (Å²) in [6.45, 7) is 1.99. The molecule has 0 aliphatic carbocycles. The van der Waals surface area contributed by atoms with Crippen molar-refractivity contribution in [2.24, 2.45) is 0 Å². The highest BCUT2D eigenvalue weighted by atomic mass is 16.6. The Bertz CT molecular complexity index is 521. The Morgan fingerprint density at radius 2 is 1.68 bits per heavy atom. The number of hydrogen-bond donors (Lipinski definition) is 0. The van der Waals surface area contributed by atoms with Crippen molar-refractivity contribution in [3.05, 3.63) is 60.2 Å². The molecule has 19 heavy (non-hydrogen) atoms. The van der Waals surface area contributed by atoms with Gasteiger partial charge in [-0.2, -0.15) is 0 Å². The first-order valence-electron chi connectivity index (χ1n) is 6.41. The van der Waals surface area contributed by atoms with Crippen molar-refractivity contribution in [3.63, 3.8) is 0 Å². The quantitative estimate of drug-likeness (QED) is 0.744. The molecule has 0 N–H and O–H groups in total. The van der Waals surface area contributed by atoms with Gasteiger partial charge in [-0.25, -0.2) is 0 Å². The van der Waals surface area contributed by atoms with Gasteiger partial charge in [0.05, 0.1) is 6.61 Å². The summed E-state index contributed by atoms with van der Waals surface area (Å²) in [5.74, 6) is 1.64. The first-order chi connectivity index (χ1) is 9.40. The molecule has 3 heteroatoms. The third kappa shape index (κ3) is 3.73. The minimum absolute atomic E-state index is 0.272. The Balaban J connectivity index is 1.56. The topological polar surface area (TPSA) is 31.0 Å². The Labute approximate surface area is 112 Å². The zero-order chi connectivity index (χ0) is 12.9. The van der Waals surface area contributed by atoms with Crippen molar-refractivity contribution >= 4 is 0 Å². The van der Waals surface area contributed by atoms with Gasteiger partial charge in [0.1, 0.15) is 30.8 Å². The lowest BCUT2D eigenvalue weighted by Crippen LogP contribution is -2.04. The number of epoxide rings is 1. The van der Waals surface area contributed by atoms with E-state index in [1.54, 1.807) is 0 Å². The van der Waals surface area contributed by atoms with Gasteiger partial charge >= 0.3 is 0 Å². The van der Waals surface area contributed by atoms with Gasteiger partial charge in [-0.3, -0.25) is 0 Å². The van der Waals surface area contributed by atoms with Crippen LogP contribution in [0.5, 0.6) is 11.5 Å². The summed E-state index contributed by atoms with van der Waals surface area (Å²) in [4.78, 5) is 0. The van der Waals surface area contributed by atoms with E-state index in [1.165, 1.54) is 0 Å². The largest absolute Gasteiger partial charge is 0.491 e. The highest BCUT2D eigenvalue weighted by Crippen LogP contribution is 2.21. The molecule has 1 fully saturated rings. The average molecular weight is 256 g/mol. The minimum Gasteiger partial charge on any atom is -0.491 e. The fourth-order valence-electron chi connectivity index (χ4n) is 1.75. The van der Waals surface area contributed by atoms with Gasteiger partial charge in [-0.15, -0.1) is 0 Å². The first kappa shape index (κ1) is 12.1. The summed E-state index contributed by atoms with van der Waals surface area (Å²) in [5, 5.41) is 0. The molecule has 2 aromatic rings. The van der Waals surface area contributed by atoms with Gasteiger partial charge in [0.2, 0.25) is 0 Å². The fourth-order valence-corrected chi connectivity index (χ4v) is 1.75. The number of hydrogen-bond acceptors (Lipinski definition) is 3. The fraction of sp³-hybridized carbons (Fsp3) is 0.250. The van der Waals surface area contributed by atoms with Gasteiger partial charge in [0.15, 0.2) is 0 Å². The summed E-state index contributed by atoms with van der Waals surface area (Å²) in [6, 6.07) is 17.8. The molecule has 3 rings (SSSR count). The SMILES string of the molecule is c1ccc(COc2cccc(OCC3CO3)c2)cc1. The predicted molar refractivity (Wildman–Crippen MR) is 72.5 cm³/mol. The highest BCUT2D eigenvalue weighted by Gasteiger charge is 2.23. The van der Waals surface area contributed by atoms with E-state index in [0.29, 0.717) is 13.2 Å². The molecule has 0 aromatic heterocycles. The van der Waals surface area contributed by atoms with Gasteiger partial charge in [-0.05, 0) is 17.7 Å². The van der Waals surface area contributed by atoms with Crippen LogP contribution < -0.4 is 9.47 Å². The predicted octanol–water partition coefficient (Wildman–Crippen LogP) is 3.04. The molecule has 0 amide bonds. The standard InChI is InChI=1S/C16H16O3/c1-2-5-13(6-3-1)10-17-14-7-4-8-15(9-14)18-11-16-12-19-16/h1-9,16H,10-12H2. The molecule has 2 aromatic carbocycles. The molecular formula is C16H16O3. The van der Waals surface area contributed by atoms with Gasteiger partial charge < -0.3 is 14.2 Å². The van der Waals surface area contributed by atoms with E-state index in [2.05, 4.69) is 0 Å². The number of rotatable bonds is 6. The minimum atomic E-state index is 0.272. The van der Waals surface area contributed by atoms with Crippen LogP contribution in [0.1, 0.15) is 5.56 Å². The zero-order valence-electron chi connectivity index (χ0n) is 10.6. The van der Waals surface area contributed by atoms with Gasteiger partial charge in [0, 0.05) is 6.07 Å². The first-order valence-corrected chi connectivity index (χ1v) is 6.41. The van der Waals surface area contributed by atoms with E-state index in [1.807, 2.05) is 54.6 Å². The van der Waals surface area contributed by atoms with E-state index < -0.39 is 0 Å². The van der Waals surface area contributed by atoms with Crippen LogP contribution in [0.3, 0.4) is 0 Å². The lowest BCUT2D eigenvalue weighted by Gasteiger charge is -2.09. The van der Waals surface area contributed by atoms with Crippen LogP contribution in [-0.2, 0) is 11.3 Å². The Kier molecular flexibility index (Phi) is 3.65. The van der Waals surface area contributed by atoms with Gasteiger partial charge in [0.25, 0.3) is 0 Å². The van der Waals surface area contributed by atoms with E-state index in [9.17, 15) is 0 Å². The van der Waals surface area contributed by atoms with E-state index >= 15 is 0 Å². The van der Waals surface area contributed by atoms with Crippen molar-refractivity contribution in [1.82, 2.24) is 0 Å².